The van der Waals surface area contributed by atoms with Gasteiger partial charge in [-0.15, -0.1) is 12.4 Å². The van der Waals surface area contributed by atoms with Crippen LogP contribution in [0.25, 0.3) is 0 Å². The largest absolute Gasteiger partial charge is 0.355 e. The molecule has 0 aromatic rings. The second-order valence-electron chi connectivity index (χ2n) is 5.03. The van der Waals surface area contributed by atoms with Gasteiger partial charge in [-0.2, -0.15) is 0 Å². The SMILES string of the molecule is CNCCNC(=O)CC(C)C1CCCCC1.Cl. The average molecular weight is 263 g/mol. The lowest BCUT2D eigenvalue weighted by molar-refractivity contribution is -0.122. The van der Waals surface area contributed by atoms with Gasteiger partial charge in [-0.25, -0.2) is 0 Å². The predicted octanol–water partition coefficient (Wildman–Crippen LogP) is 2.35. The van der Waals surface area contributed by atoms with Gasteiger partial charge in [0.1, 0.15) is 0 Å². The first-order valence-electron chi connectivity index (χ1n) is 6.65. The molecule has 0 aliphatic heterocycles. The quantitative estimate of drug-likeness (QED) is 0.722. The van der Waals surface area contributed by atoms with Crippen LogP contribution >= 0.6 is 12.4 Å². The smallest absolute Gasteiger partial charge is 0.220 e. The van der Waals surface area contributed by atoms with Gasteiger partial charge in [-0.3, -0.25) is 4.79 Å². The van der Waals surface area contributed by atoms with Crippen LogP contribution < -0.4 is 10.6 Å². The lowest BCUT2D eigenvalue weighted by atomic mass is 9.79. The topological polar surface area (TPSA) is 41.1 Å². The highest BCUT2D eigenvalue weighted by Gasteiger charge is 2.21. The van der Waals surface area contributed by atoms with Gasteiger partial charge in [-0.05, 0) is 18.9 Å². The molecule has 3 nitrogen and oxygen atoms in total. The molecule has 0 spiro atoms. The summed E-state index contributed by atoms with van der Waals surface area (Å²) in [6.07, 6.45) is 7.45. The number of hydrogen-bond acceptors (Lipinski definition) is 2. The monoisotopic (exact) mass is 262 g/mol. The van der Waals surface area contributed by atoms with E-state index in [1.165, 1.54) is 32.1 Å². The van der Waals surface area contributed by atoms with E-state index in [4.69, 9.17) is 0 Å². The molecule has 1 aliphatic carbocycles. The molecular weight excluding hydrogens is 236 g/mol. The highest BCUT2D eigenvalue weighted by atomic mass is 35.5. The zero-order valence-corrected chi connectivity index (χ0v) is 11.9. The molecule has 4 heteroatoms. The van der Waals surface area contributed by atoms with Gasteiger partial charge in [0.2, 0.25) is 5.91 Å². The minimum absolute atomic E-state index is 0. The summed E-state index contributed by atoms with van der Waals surface area (Å²) in [5.41, 5.74) is 0. The molecule has 0 bridgehead atoms. The summed E-state index contributed by atoms with van der Waals surface area (Å²) in [5, 5.41) is 5.98. The minimum atomic E-state index is 0. The zero-order valence-electron chi connectivity index (χ0n) is 11.1. The van der Waals surface area contributed by atoms with Gasteiger partial charge in [0, 0.05) is 19.5 Å². The molecule has 102 valence electrons. The van der Waals surface area contributed by atoms with Crippen LogP contribution in [0.15, 0.2) is 0 Å². The third-order valence-corrected chi connectivity index (χ3v) is 3.66. The summed E-state index contributed by atoms with van der Waals surface area (Å²) in [7, 11) is 1.90. The van der Waals surface area contributed by atoms with E-state index in [1.54, 1.807) is 0 Å². The molecule has 1 rings (SSSR count). The number of likely N-dealkylation sites (N-methyl/N-ethyl adjacent to an activating group) is 1. The van der Waals surface area contributed by atoms with Gasteiger partial charge in [-0.1, -0.05) is 39.0 Å². The Morgan fingerprint density at radius 2 is 1.88 bits per heavy atom. The van der Waals surface area contributed by atoms with Crippen molar-refractivity contribution in [1.82, 2.24) is 10.6 Å². The Hall–Kier alpha value is -0.280. The van der Waals surface area contributed by atoms with E-state index in [0.717, 1.165) is 19.0 Å². The van der Waals surface area contributed by atoms with Crippen molar-refractivity contribution in [2.45, 2.75) is 45.4 Å². The summed E-state index contributed by atoms with van der Waals surface area (Å²) in [4.78, 5) is 11.6. The van der Waals surface area contributed by atoms with E-state index in [9.17, 15) is 4.79 Å². The normalized spacial score (nSPS) is 18.2. The van der Waals surface area contributed by atoms with Crippen LogP contribution in [0.3, 0.4) is 0 Å². The highest BCUT2D eigenvalue weighted by molar-refractivity contribution is 5.85. The van der Waals surface area contributed by atoms with E-state index in [1.807, 2.05) is 7.05 Å². The van der Waals surface area contributed by atoms with E-state index in [0.29, 0.717) is 12.3 Å². The fourth-order valence-electron chi connectivity index (χ4n) is 2.56. The van der Waals surface area contributed by atoms with Gasteiger partial charge < -0.3 is 10.6 Å². The van der Waals surface area contributed by atoms with Crippen LogP contribution in [0.1, 0.15) is 45.4 Å². The van der Waals surface area contributed by atoms with Crippen molar-refractivity contribution >= 4 is 18.3 Å². The second-order valence-corrected chi connectivity index (χ2v) is 5.03. The van der Waals surface area contributed by atoms with Gasteiger partial charge in [0.05, 0.1) is 0 Å². The van der Waals surface area contributed by atoms with Crippen LogP contribution in [0.2, 0.25) is 0 Å². The van der Waals surface area contributed by atoms with Crippen LogP contribution in [0.5, 0.6) is 0 Å². The molecule has 0 heterocycles. The number of hydrogen-bond donors (Lipinski definition) is 2. The molecule has 1 amide bonds. The maximum atomic E-state index is 11.6. The average Bonchev–Trinajstić information content (AvgIpc) is 2.30. The molecular formula is C13H27ClN2O. The van der Waals surface area contributed by atoms with Gasteiger partial charge in [0.25, 0.3) is 0 Å². The molecule has 17 heavy (non-hydrogen) atoms. The second kappa shape index (κ2) is 9.72. The first kappa shape index (κ1) is 16.7. The van der Waals surface area contributed by atoms with Crippen LogP contribution in [-0.4, -0.2) is 26.0 Å². The van der Waals surface area contributed by atoms with Crippen molar-refractivity contribution in [1.29, 1.82) is 0 Å². The summed E-state index contributed by atoms with van der Waals surface area (Å²) in [5.74, 6) is 1.55. The first-order valence-corrected chi connectivity index (χ1v) is 6.65. The first-order chi connectivity index (χ1) is 7.74. The van der Waals surface area contributed by atoms with E-state index < -0.39 is 0 Å². The molecule has 0 radical (unpaired) electrons. The Morgan fingerprint density at radius 1 is 1.24 bits per heavy atom. The Bertz CT molecular complexity index is 206. The number of carbonyl (C=O) groups excluding carboxylic acids is 1. The molecule has 1 fully saturated rings. The van der Waals surface area contributed by atoms with E-state index in [2.05, 4.69) is 17.6 Å². The van der Waals surface area contributed by atoms with Crippen molar-refractivity contribution < 1.29 is 4.79 Å². The lowest BCUT2D eigenvalue weighted by Crippen LogP contribution is -2.32. The van der Waals surface area contributed by atoms with E-state index >= 15 is 0 Å². The molecule has 1 saturated carbocycles. The van der Waals surface area contributed by atoms with Crippen molar-refractivity contribution in [2.75, 3.05) is 20.1 Å². The highest BCUT2D eigenvalue weighted by Crippen LogP contribution is 2.31. The van der Waals surface area contributed by atoms with Gasteiger partial charge in [0.15, 0.2) is 0 Å². The fraction of sp³-hybridized carbons (Fsp3) is 0.923. The third kappa shape index (κ3) is 6.89. The van der Waals surface area contributed by atoms with Gasteiger partial charge >= 0.3 is 0 Å². The minimum Gasteiger partial charge on any atom is -0.355 e. The molecule has 1 atom stereocenters. The Balaban J connectivity index is 0.00000256. The predicted molar refractivity (Wildman–Crippen MR) is 74.5 cm³/mol. The van der Waals surface area contributed by atoms with Crippen LogP contribution in [0.4, 0.5) is 0 Å². The zero-order chi connectivity index (χ0) is 11.8. The molecule has 0 aromatic carbocycles. The number of rotatable bonds is 6. The molecule has 2 N–H and O–H groups in total. The van der Waals surface area contributed by atoms with E-state index in [-0.39, 0.29) is 18.3 Å². The van der Waals surface area contributed by atoms with Crippen LogP contribution in [-0.2, 0) is 4.79 Å². The Morgan fingerprint density at radius 3 is 2.47 bits per heavy atom. The Labute approximate surface area is 112 Å². The van der Waals surface area contributed by atoms with Crippen molar-refractivity contribution in [3.63, 3.8) is 0 Å². The number of halogens is 1. The summed E-state index contributed by atoms with van der Waals surface area (Å²) < 4.78 is 0. The molecule has 1 aliphatic rings. The number of carbonyl (C=O) groups is 1. The fourth-order valence-corrected chi connectivity index (χ4v) is 2.56. The molecule has 1 unspecified atom stereocenters. The molecule has 0 aromatic heterocycles. The van der Waals surface area contributed by atoms with Crippen molar-refractivity contribution in [2.24, 2.45) is 11.8 Å². The lowest BCUT2D eigenvalue weighted by Gasteiger charge is -2.27. The molecule has 0 saturated heterocycles. The summed E-state index contributed by atoms with van der Waals surface area (Å²) >= 11 is 0. The van der Waals surface area contributed by atoms with Crippen LogP contribution in [0, 0.1) is 11.8 Å². The number of nitrogens with one attached hydrogen (secondary N) is 2. The summed E-state index contributed by atoms with van der Waals surface area (Å²) in [6.45, 7) is 3.82. The standard InChI is InChI=1S/C13H26N2O.ClH/c1-11(12-6-4-3-5-7-12)10-13(16)15-9-8-14-2;/h11-12,14H,3-10H2,1-2H3,(H,15,16);1H. The summed E-state index contributed by atoms with van der Waals surface area (Å²) in [6, 6.07) is 0. The maximum absolute atomic E-state index is 11.6. The third-order valence-electron chi connectivity index (χ3n) is 3.66. The maximum Gasteiger partial charge on any atom is 0.220 e. The Kier molecular flexibility index (Phi) is 9.56. The number of amides is 1. The van der Waals surface area contributed by atoms with Crippen molar-refractivity contribution in [3.05, 3.63) is 0 Å². The van der Waals surface area contributed by atoms with Crippen molar-refractivity contribution in [3.8, 4) is 0 Å².